The topological polar surface area (TPSA) is 77.0 Å². The Kier molecular flexibility index (Phi) is 3.84. The van der Waals surface area contributed by atoms with Gasteiger partial charge in [-0.25, -0.2) is 0 Å². The number of ether oxygens (including phenoxy) is 3. The fraction of sp³-hybridized carbons (Fsp3) is 0.533. The number of aliphatic hydroxyl groups excluding tert-OH is 1. The maximum Gasteiger partial charge on any atom is 0.252 e. The van der Waals surface area contributed by atoms with Crippen LogP contribution in [0.1, 0.15) is 15.9 Å². The average molecular weight is 293 g/mol. The average Bonchev–Trinajstić information content (AvgIpc) is 3.03. The molecule has 2 aliphatic heterocycles. The van der Waals surface area contributed by atoms with Crippen LogP contribution < -0.4 is 10.1 Å². The van der Waals surface area contributed by atoms with E-state index in [1.54, 1.807) is 19.2 Å². The number of fused-ring (bicyclic) bond motifs is 1. The van der Waals surface area contributed by atoms with Gasteiger partial charge in [-0.05, 0) is 19.1 Å². The third kappa shape index (κ3) is 2.50. The standard InChI is InChI=1S/C15H19NO5/c1-8-9(4-3-5-12(8)19-2)15(18)16-10-6-20-14-11(17)7-21-13(10)14/h3-5,10-11,13-14,17H,6-7H2,1-2H3,(H,16,18)/t10-,11-,13-,14-/m1/s1. The lowest BCUT2D eigenvalue weighted by molar-refractivity contribution is 0.0178. The predicted molar refractivity (Wildman–Crippen MR) is 74.5 cm³/mol. The minimum atomic E-state index is -0.615. The second-order valence-electron chi connectivity index (χ2n) is 5.38. The number of benzene rings is 1. The zero-order valence-corrected chi connectivity index (χ0v) is 12.0. The summed E-state index contributed by atoms with van der Waals surface area (Å²) in [5, 5.41) is 12.6. The molecule has 0 bridgehead atoms. The quantitative estimate of drug-likeness (QED) is 0.836. The molecule has 0 spiro atoms. The van der Waals surface area contributed by atoms with Crippen molar-refractivity contribution in [2.45, 2.75) is 31.3 Å². The lowest BCUT2D eigenvalue weighted by Gasteiger charge is -2.18. The third-order valence-corrected chi connectivity index (χ3v) is 4.09. The molecule has 0 radical (unpaired) electrons. The molecular formula is C15H19NO5. The summed E-state index contributed by atoms with van der Waals surface area (Å²) in [7, 11) is 1.58. The van der Waals surface area contributed by atoms with Gasteiger partial charge in [-0.1, -0.05) is 6.07 Å². The van der Waals surface area contributed by atoms with E-state index in [4.69, 9.17) is 14.2 Å². The molecule has 114 valence electrons. The molecule has 2 N–H and O–H groups in total. The van der Waals surface area contributed by atoms with Crippen LogP contribution >= 0.6 is 0 Å². The maximum absolute atomic E-state index is 12.4. The first-order valence-electron chi connectivity index (χ1n) is 6.97. The Bertz CT molecular complexity index is 547. The van der Waals surface area contributed by atoms with Gasteiger partial charge in [-0.2, -0.15) is 0 Å². The van der Waals surface area contributed by atoms with Crippen LogP contribution in [0.5, 0.6) is 5.75 Å². The van der Waals surface area contributed by atoms with Gasteiger partial charge in [0.1, 0.15) is 24.1 Å². The smallest absolute Gasteiger partial charge is 0.252 e. The van der Waals surface area contributed by atoms with E-state index in [1.807, 2.05) is 13.0 Å². The number of hydrogen-bond acceptors (Lipinski definition) is 5. The van der Waals surface area contributed by atoms with Crippen LogP contribution in [-0.2, 0) is 9.47 Å². The van der Waals surface area contributed by atoms with Crippen LogP contribution in [0.15, 0.2) is 18.2 Å². The van der Waals surface area contributed by atoms with Crippen LogP contribution in [0.2, 0.25) is 0 Å². The molecule has 0 saturated carbocycles. The lowest BCUT2D eigenvalue weighted by Crippen LogP contribution is -2.44. The van der Waals surface area contributed by atoms with Crippen molar-refractivity contribution in [3.05, 3.63) is 29.3 Å². The summed E-state index contributed by atoms with van der Waals surface area (Å²) in [4.78, 5) is 12.4. The summed E-state index contributed by atoms with van der Waals surface area (Å²) in [6.45, 7) is 2.44. The van der Waals surface area contributed by atoms with Crippen molar-refractivity contribution >= 4 is 5.91 Å². The first-order valence-corrected chi connectivity index (χ1v) is 6.97. The highest BCUT2D eigenvalue weighted by molar-refractivity contribution is 5.96. The first kappa shape index (κ1) is 14.3. The molecule has 1 aromatic carbocycles. The van der Waals surface area contributed by atoms with E-state index in [0.717, 1.165) is 5.56 Å². The molecule has 6 nitrogen and oxygen atoms in total. The zero-order chi connectivity index (χ0) is 15.0. The second kappa shape index (κ2) is 5.63. The minimum absolute atomic E-state index is 0.189. The molecule has 2 aliphatic rings. The van der Waals surface area contributed by atoms with Crippen LogP contribution in [-0.4, -0.2) is 55.7 Å². The van der Waals surface area contributed by atoms with Crippen molar-refractivity contribution in [3.63, 3.8) is 0 Å². The number of nitrogens with one attached hydrogen (secondary N) is 1. The molecule has 0 unspecified atom stereocenters. The number of aliphatic hydroxyl groups is 1. The van der Waals surface area contributed by atoms with E-state index in [-0.39, 0.29) is 30.8 Å². The highest BCUT2D eigenvalue weighted by Gasteiger charge is 2.47. The highest BCUT2D eigenvalue weighted by atomic mass is 16.6. The van der Waals surface area contributed by atoms with Gasteiger partial charge in [0.15, 0.2) is 0 Å². The van der Waals surface area contributed by atoms with E-state index < -0.39 is 6.10 Å². The summed E-state index contributed by atoms with van der Waals surface area (Å²) in [6.07, 6.45) is -1.24. The molecule has 2 saturated heterocycles. The zero-order valence-electron chi connectivity index (χ0n) is 12.0. The molecule has 6 heteroatoms. The van der Waals surface area contributed by atoms with Gasteiger partial charge in [0, 0.05) is 11.1 Å². The highest BCUT2D eigenvalue weighted by Crippen LogP contribution is 2.27. The van der Waals surface area contributed by atoms with Crippen molar-refractivity contribution in [3.8, 4) is 5.75 Å². The van der Waals surface area contributed by atoms with Crippen molar-refractivity contribution in [2.24, 2.45) is 0 Å². The monoisotopic (exact) mass is 293 g/mol. The fourth-order valence-electron chi connectivity index (χ4n) is 2.93. The Hall–Kier alpha value is -1.63. The summed E-state index contributed by atoms with van der Waals surface area (Å²) < 4.78 is 16.2. The molecule has 1 aromatic rings. The predicted octanol–water partition coefficient (Wildman–Crippen LogP) is 0.261. The Morgan fingerprint density at radius 1 is 1.33 bits per heavy atom. The summed E-state index contributed by atoms with van der Waals surface area (Å²) in [5.41, 5.74) is 1.36. The molecule has 21 heavy (non-hydrogen) atoms. The Balaban J connectivity index is 1.73. The van der Waals surface area contributed by atoms with Crippen molar-refractivity contribution in [2.75, 3.05) is 20.3 Å². The van der Waals surface area contributed by atoms with Gasteiger partial charge in [0.05, 0.1) is 26.4 Å². The van der Waals surface area contributed by atoms with Crippen LogP contribution in [0.3, 0.4) is 0 Å². The SMILES string of the molecule is COc1cccc(C(=O)N[C@@H]2CO[C@H]3[C@@H]2OC[C@H]3O)c1C. The van der Waals surface area contributed by atoms with Gasteiger partial charge in [0.2, 0.25) is 0 Å². The molecule has 3 rings (SSSR count). The molecule has 2 fully saturated rings. The second-order valence-corrected chi connectivity index (χ2v) is 5.38. The third-order valence-electron chi connectivity index (χ3n) is 4.09. The Labute approximate surface area is 123 Å². The molecular weight excluding hydrogens is 274 g/mol. The van der Waals surface area contributed by atoms with Crippen LogP contribution in [0.4, 0.5) is 0 Å². The molecule has 1 amide bonds. The summed E-state index contributed by atoms with van der Waals surface area (Å²) in [6, 6.07) is 5.11. The van der Waals surface area contributed by atoms with Gasteiger partial charge >= 0.3 is 0 Å². The van der Waals surface area contributed by atoms with Gasteiger partial charge in [-0.15, -0.1) is 0 Å². The minimum Gasteiger partial charge on any atom is -0.496 e. The van der Waals surface area contributed by atoms with E-state index in [2.05, 4.69) is 5.32 Å². The van der Waals surface area contributed by atoms with Gasteiger partial charge < -0.3 is 24.6 Å². The number of carbonyl (C=O) groups excluding carboxylic acids is 1. The normalized spacial score (nSPS) is 31.0. The van der Waals surface area contributed by atoms with Crippen molar-refractivity contribution in [1.29, 1.82) is 0 Å². The molecule has 0 aliphatic carbocycles. The van der Waals surface area contributed by atoms with E-state index in [9.17, 15) is 9.90 Å². The van der Waals surface area contributed by atoms with Gasteiger partial charge in [-0.3, -0.25) is 4.79 Å². The van der Waals surface area contributed by atoms with Gasteiger partial charge in [0.25, 0.3) is 5.91 Å². The largest absolute Gasteiger partial charge is 0.496 e. The molecule has 4 atom stereocenters. The van der Waals surface area contributed by atoms with Crippen LogP contribution in [0, 0.1) is 6.92 Å². The first-order chi connectivity index (χ1) is 10.1. The number of carbonyl (C=O) groups is 1. The maximum atomic E-state index is 12.4. The summed E-state index contributed by atoms with van der Waals surface area (Å²) >= 11 is 0. The van der Waals surface area contributed by atoms with E-state index in [0.29, 0.717) is 17.9 Å². The van der Waals surface area contributed by atoms with E-state index >= 15 is 0 Å². The Morgan fingerprint density at radius 2 is 2.10 bits per heavy atom. The lowest BCUT2D eigenvalue weighted by atomic mass is 10.0. The molecule has 0 aromatic heterocycles. The van der Waals surface area contributed by atoms with Crippen molar-refractivity contribution < 1.29 is 24.1 Å². The van der Waals surface area contributed by atoms with Crippen molar-refractivity contribution in [1.82, 2.24) is 5.32 Å². The number of methoxy groups -OCH3 is 1. The summed E-state index contributed by atoms with van der Waals surface area (Å²) in [5.74, 6) is 0.487. The number of amides is 1. The number of hydrogen-bond donors (Lipinski definition) is 2. The van der Waals surface area contributed by atoms with Crippen LogP contribution in [0.25, 0.3) is 0 Å². The Morgan fingerprint density at radius 3 is 2.86 bits per heavy atom. The fourth-order valence-corrected chi connectivity index (χ4v) is 2.93. The molecule has 2 heterocycles. The number of rotatable bonds is 3. The van der Waals surface area contributed by atoms with E-state index in [1.165, 1.54) is 0 Å².